The van der Waals surface area contributed by atoms with Gasteiger partial charge in [0.15, 0.2) is 0 Å². The quantitative estimate of drug-likeness (QED) is 0.816. The molecule has 1 aromatic carbocycles. The maximum Gasteiger partial charge on any atom is 0.391 e. The lowest BCUT2D eigenvalue weighted by atomic mass is 9.85. The van der Waals surface area contributed by atoms with E-state index in [1.807, 2.05) is 6.92 Å². The molecule has 0 unspecified atom stereocenters. The van der Waals surface area contributed by atoms with Gasteiger partial charge in [0.05, 0.1) is 5.92 Å². The molecule has 112 valence electrons. The number of hydrogen-bond acceptors (Lipinski definition) is 1. The number of alkyl halides is 3. The van der Waals surface area contributed by atoms with Crippen molar-refractivity contribution < 1.29 is 17.6 Å². The Labute approximate surface area is 116 Å². The van der Waals surface area contributed by atoms with Crippen molar-refractivity contribution in [3.63, 3.8) is 0 Å². The monoisotopic (exact) mass is 289 g/mol. The number of benzene rings is 1. The molecule has 0 radical (unpaired) electrons. The Hall–Kier alpha value is -1.10. The third-order valence-electron chi connectivity index (χ3n) is 4.08. The summed E-state index contributed by atoms with van der Waals surface area (Å²) in [7, 11) is 0. The van der Waals surface area contributed by atoms with Crippen LogP contribution >= 0.6 is 0 Å². The molecule has 1 aliphatic carbocycles. The van der Waals surface area contributed by atoms with Crippen molar-refractivity contribution >= 4 is 0 Å². The molecule has 1 fully saturated rings. The minimum Gasteiger partial charge on any atom is -0.310 e. The van der Waals surface area contributed by atoms with Crippen LogP contribution in [0.15, 0.2) is 18.2 Å². The first-order chi connectivity index (χ1) is 9.36. The van der Waals surface area contributed by atoms with Gasteiger partial charge in [-0.25, -0.2) is 4.39 Å². The maximum absolute atomic E-state index is 13.1. The minimum atomic E-state index is -4.07. The Bertz CT molecular complexity index is 448. The molecule has 1 saturated carbocycles. The summed E-state index contributed by atoms with van der Waals surface area (Å²) in [5, 5.41) is 3.24. The second kappa shape index (κ2) is 6.12. The third-order valence-corrected chi connectivity index (χ3v) is 4.08. The van der Waals surface area contributed by atoms with Crippen LogP contribution in [0.1, 0.15) is 36.8 Å². The SMILES string of the molecule is Cc1ccc(F)cc1CNC1CCC(C(F)(F)F)CC1. The van der Waals surface area contributed by atoms with Gasteiger partial charge in [0, 0.05) is 12.6 Å². The Morgan fingerprint density at radius 1 is 1.15 bits per heavy atom. The molecule has 0 bridgehead atoms. The zero-order valence-electron chi connectivity index (χ0n) is 11.4. The second-order valence-electron chi connectivity index (χ2n) is 5.54. The van der Waals surface area contributed by atoms with Crippen molar-refractivity contribution in [1.82, 2.24) is 5.32 Å². The van der Waals surface area contributed by atoms with Crippen LogP contribution in [0.5, 0.6) is 0 Å². The molecule has 1 aromatic rings. The Balaban J connectivity index is 1.83. The van der Waals surface area contributed by atoms with Gasteiger partial charge in [-0.3, -0.25) is 0 Å². The van der Waals surface area contributed by atoms with Crippen molar-refractivity contribution in [2.75, 3.05) is 0 Å². The first-order valence-corrected chi connectivity index (χ1v) is 6.91. The molecule has 1 nitrogen and oxygen atoms in total. The molecule has 0 aromatic heterocycles. The molecule has 0 aliphatic heterocycles. The van der Waals surface area contributed by atoms with Crippen LogP contribution < -0.4 is 5.32 Å². The second-order valence-corrected chi connectivity index (χ2v) is 5.54. The standard InChI is InChI=1S/C15H19F4N/c1-10-2-5-13(16)8-11(10)9-20-14-6-3-12(4-7-14)15(17,18)19/h2,5,8,12,14,20H,3-4,6-7,9H2,1H3. The molecule has 1 N–H and O–H groups in total. The van der Waals surface area contributed by atoms with Crippen LogP contribution in [0.25, 0.3) is 0 Å². The summed E-state index contributed by atoms with van der Waals surface area (Å²) in [6.07, 6.45) is -2.65. The lowest BCUT2D eigenvalue weighted by molar-refractivity contribution is -0.182. The molecule has 0 atom stereocenters. The summed E-state index contributed by atoms with van der Waals surface area (Å²) in [4.78, 5) is 0. The van der Waals surface area contributed by atoms with Gasteiger partial charge >= 0.3 is 6.18 Å². The number of rotatable bonds is 3. The lowest BCUT2D eigenvalue weighted by Gasteiger charge is -2.30. The average Bonchev–Trinajstić information content (AvgIpc) is 2.39. The van der Waals surface area contributed by atoms with Gasteiger partial charge in [-0.2, -0.15) is 13.2 Å². The van der Waals surface area contributed by atoms with Crippen LogP contribution in [0.3, 0.4) is 0 Å². The van der Waals surface area contributed by atoms with E-state index in [0.29, 0.717) is 19.4 Å². The third kappa shape index (κ3) is 3.95. The van der Waals surface area contributed by atoms with Gasteiger partial charge in [-0.05, 0) is 55.9 Å². The number of nitrogens with one attached hydrogen (secondary N) is 1. The first-order valence-electron chi connectivity index (χ1n) is 6.91. The molecule has 1 aliphatic rings. The van der Waals surface area contributed by atoms with E-state index in [4.69, 9.17) is 0 Å². The van der Waals surface area contributed by atoms with Crippen molar-refractivity contribution in [3.05, 3.63) is 35.1 Å². The first kappa shape index (κ1) is 15.3. The molecule has 0 spiro atoms. The summed E-state index contributed by atoms with van der Waals surface area (Å²) in [6, 6.07) is 4.69. The molecule has 5 heteroatoms. The average molecular weight is 289 g/mol. The molecular formula is C15H19F4N. The van der Waals surface area contributed by atoms with E-state index in [0.717, 1.165) is 11.1 Å². The predicted molar refractivity (Wildman–Crippen MR) is 69.8 cm³/mol. The highest BCUT2D eigenvalue weighted by Crippen LogP contribution is 2.37. The highest BCUT2D eigenvalue weighted by Gasteiger charge is 2.41. The number of halogens is 4. The molecule has 0 heterocycles. The largest absolute Gasteiger partial charge is 0.391 e. The molecule has 20 heavy (non-hydrogen) atoms. The summed E-state index contributed by atoms with van der Waals surface area (Å²) in [5.74, 6) is -1.44. The highest BCUT2D eigenvalue weighted by atomic mass is 19.4. The van der Waals surface area contributed by atoms with Gasteiger partial charge in [0.25, 0.3) is 0 Å². The number of aryl methyl sites for hydroxylation is 1. The smallest absolute Gasteiger partial charge is 0.310 e. The Morgan fingerprint density at radius 3 is 2.40 bits per heavy atom. The predicted octanol–water partition coefficient (Wildman–Crippen LogP) is 4.34. The minimum absolute atomic E-state index is 0.0938. The highest BCUT2D eigenvalue weighted by molar-refractivity contribution is 5.26. The maximum atomic E-state index is 13.1. The topological polar surface area (TPSA) is 12.0 Å². The molecule has 0 saturated heterocycles. The molecule has 0 amide bonds. The molecular weight excluding hydrogens is 270 g/mol. The lowest BCUT2D eigenvalue weighted by Crippen LogP contribution is -2.36. The van der Waals surface area contributed by atoms with E-state index in [1.165, 1.54) is 12.1 Å². The fourth-order valence-electron chi connectivity index (χ4n) is 2.71. The summed E-state index contributed by atoms with van der Waals surface area (Å²) in [6.45, 7) is 2.40. The summed E-state index contributed by atoms with van der Waals surface area (Å²) < 4.78 is 50.8. The van der Waals surface area contributed by atoms with Crippen molar-refractivity contribution in [1.29, 1.82) is 0 Å². The van der Waals surface area contributed by atoms with E-state index in [1.54, 1.807) is 6.07 Å². The van der Waals surface area contributed by atoms with Crippen molar-refractivity contribution in [2.45, 2.75) is 51.4 Å². The Kier molecular flexibility index (Phi) is 4.68. The van der Waals surface area contributed by atoms with Crippen molar-refractivity contribution in [3.8, 4) is 0 Å². The summed E-state index contributed by atoms with van der Waals surface area (Å²) >= 11 is 0. The van der Waals surface area contributed by atoms with Crippen LogP contribution in [-0.4, -0.2) is 12.2 Å². The zero-order valence-corrected chi connectivity index (χ0v) is 11.4. The number of hydrogen-bond donors (Lipinski definition) is 1. The van der Waals surface area contributed by atoms with Gasteiger partial charge in [-0.15, -0.1) is 0 Å². The van der Waals surface area contributed by atoms with E-state index in [9.17, 15) is 17.6 Å². The fourth-order valence-corrected chi connectivity index (χ4v) is 2.71. The van der Waals surface area contributed by atoms with E-state index in [-0.39, 0.29) is 24.7 Å². The fraction of sp³-hybridized carbons (Fsp3) is 0.600. The van der Waals surface area contributed by atoms with E-state index >= 15 is 0 Å². The zero-order chi connectivity index (χ0) is 14.8. The Morgan fingerprint density at radius 2 is 1.80 bits per heavy atom. The van der Waals surface area contributed by atoms with Gasteiger partial charge in [0.2, 0.25) is 0 Å². The normalized spacial score (nSPS) is 23.9. The van der Waals surface area contributed by atoms with Crippen LogP contribution in [0, 0.1) is 18.7 Å². The van der Waals surface area contributed by atoms with Gasteiger partial charge in [-0.1, -0.05) is 6.07 Å². The van der Waals surface area contributed by atoms with Gasteiger partial charge < -0.3 is 5.32 Å². The van der Waals surface area contributed by atoms with E-state index in [2.05, 4.69) is 5.32 Å². The van der Waals surface area contributed by atoms with Crippen LogP contribution in [-0.2, 0) is 6.54 Å². The van der Waals surface area contributed by atoms with Gasteiger partial charge in [0.1, 0.15) is 5.82 Å². The van der Waals surface area contributed by atoms with Crippen LogP contribution in [0.2, 0.25) is 0 Å². The van der Waals surface area contributed by atoms with E-state index < -0.39 is 12.1 Å². The van der Waals surface area contributed by atoms with Crippen LogP contribution in [0.4, 0.5) is 17.6 Å². The molecule has 2 rings (SSSR count). The van der Waals surface area contributed by atoms with Crippen molar-refractivity contribution in [2.24, 2.45) is 5.92 Å². The summed E-state index contributed by atoms with van der Waals surface area (Å²) in [5.41, 5.74) is 1.85.